The van der Waals surface area contributed by atoms with Crippen molar-refractivity contribution in [1.29, 1.82) is 0 Å². The molecule has 0 aromatic heterocycles. The van der Waals surface area contributed by atoms with Crippen LogP contribution in [0, 0.1) is 0 Å². The van der Waals surface area contributed by atoms with Crippen LogP contribution in [-0.4, -0.2) is 17.1 Å². The van der Waals surface area contributed by atoms with E-state index in [0.29, 0.717) is 16.6 Å². The zero-order valence-electron chi connectivity index (χ0n) is 8.11. The summed E-state index contributed by atoms with van der Waals surface area (Å²) in [6.07, 6.45) is 2.12. The Hall–Kier alpha value is -1.06. The van der Waals surface area contributed by atoms with Crippen LogP contribution in [0.25, 0.3) is 0 Å². The van der Waals surface area contributed by atoms with Crippen LogP contribution in [0.2, 0.25) is 5.02 Å². The first-order chi connectivity index (χ1) is 7.16. The van der Waals surface area contributed by atoms with Gasteiger partial charge in [-0.05, 0) is 30.5 Å². The fourth-order valence-electron chi connectivity index (χ4n) is 1.48. The third-order valence-corrected chi connectivity index (χ3v) is 2.64. The fourth-order valence-corrected chi connectivity index (χ4v) is 1.68. The van der Waals surface area contributed by atoms with Crippen LogP contribution < -0.4 is 5.32 Å². The van der Waals surface area contributed by atoms with Gasteiger partial charge in [-0.25, -0.2) is 0 Å². The third-order valence-electron chi connectivity index (χ3n) is 2.41. The molecular formula is C11H12ClNO2. The monoisotopic (exact) mass is 225 g/mol. The van der Waals surface area contributed by atoms with Crippen LogP contribution in [0.15, 0.2) is 24.3 Å². The molecule has 4 heteroatoms. The lowest BCUT2D eigenvalue weighted by molar-refractivity contribution is -0.139. The molecule has 80 valence electrons. The zero-order valence-corrected chi connectivity index (χ0v) is 8.87. The van der Waals surface area contributed by atoms with E-state index in [0.717, 1.165) is 12.8 Å². The van der Waals surface area contributed by atoms with Gasteiger partial charge in [-0.1, -0.05) is 23.7 Å². The van der Waals surface area contributed by atoms with Crippen molar-refractivity contribution >= 4 is 17.6 Å². The summed E-state index contributed by atoms with van der Waals surface area (Å²) >= 11 is 5.83. The molecule has 0 radical (unpaired) electrons. The molecule has 1 aliphatic rings. The Bertz CT molecular complexity index is 377. The lowest BCUT2D eigenvalue weighted by atomic mass is 10.1. The zero-order chi connectivity index (χ0) is 10.8. The van der Waals surface area contributed by atoms with Crippen molar-refractivity contribution in [3.05, 3.63) is 34.9 Å². The summed E-state index contributed by atoms with van der Waals surface area (Å²) in [7, 11) is 0. The molecule has 0 heterocycles. The number of hydrogen-bond acceptors (Lipinski definition) is 2. The van der Waals surface area contributed by atoms with Crippen LogP contribution in [-0.2, 0) is 4.79 Å². The SMILES string of the molecule is O=C(O)C(NC1CC1)c1cccc(Cl)c1. The van der Waals surface area contributed by atoms with E-state index in [1.165, 1.54) is 0 Å². The maximum Gasteiger partial charge on any atom is 0.325 e. The largest absolute Gasteiger partial charge is 0.480 e. The molecule has 0 spiro atoms. The molecule has 0 amide bonds. The van der Waals surface area contributed by atoms with Crippen molar-refractivity contribution in [2.75, 3.05) is 0 Å². The minimum absolute atomic E-state index is 0.352. The van der Waals surface area contributed by atoms with Crippen molar-refractivity contribution in [2.45, 2.75) is 24.9 Å². The van der Waals surface area contributed by atoms with Crippen LogP contribution in [0.1, 0.15) is 24.4 Å². The van der Waals surface area contributed by atoms with Crippen molar-refractivity contribution in [3.63, 3.8) is 0 Å². The third kappa shape index (κ3) is 2.70. The van der Waals surface area contributed by atoms with Gasteiger partial charge in [0.2, 0.25) is 0 Å². The molecule has 1 unspecified atom stereocenters. The van der Waals surface area contributed by atoms with Crippen molar-refractivity contribution in [1.82, 2.24) is 5.32 Å². The van der Waals surface area contributed by atoms with Crippen LogP contribution >= 0.6 is 11.6 Å². The normalized spacial score (nSPS) is 17.4. The predicted octanol–water partition coefficient (Wildman–Crippen LogP) is 2.22. The maximum atomic E-state index is 11.1. The highest BCUT2D eigenvalue weighted by atomic mass is 35.5. The van der Waals surface area contributed by atoms with Gasteiger partial charge in [0.05, 0.1) is 0 Å². The predicted molar refractivity (Wildman–Crippen MR) is 58.0 cm³/mol. The van der Waals surface area contributed by atoms with E-state index in [-0.39, 0.29) is 0 Å². The first-order valence-electron chi connectivity index (χ1n) is 4.91. The Morgan fingerprint density at radius 2 is 2.27 bits per heavy atom. The number of carboxylic acid groups (broad SMARTS) is 1. The first kappa shape index (κ1) is 10.5. The lowest BCUT2D eigenvalue weighted by Crippen LogP contribution is -2.30. The van der Waals surface area contributed by atoms with Gasteiger partial charge in [-0.15, -0.1) is 0 Å². The number of carboxylic acids is 1. The lowest BCUT2D eigenvalue weighted by Gasteiger charge is -2.14. The molecule has 0 aliphatic heterocycles. The smallest absolute Gasteiger partial charge is 0.325 e. The number of rotatable bonds is 4. The Morgan fingerprint density at radius 3 is 2.80 bits per heavy atom. The van der Waals surface area contributed by atoms with E-state index >= 15 is 0 Å². The summed E-state index contributed by atoms with van der Waals surface area (Å²) in [4.78, 5) is 11.1. The summed E-state index contributed by atoms with van der Waals surface area (Å²) in [6, 6.07) is 6.68. The topological polar surface area (TPSA) is 49.3 Å². The molecule has 1 saturated carbocycles. The average molecular weight is 226 g/mol. The number of halogens is 1. The van der Waals surface area contributed by atoms with Gasteiger partial charge in [0.15, 0.2) is 0 Å². The van der Waals surface area contributed by atoms with E-state index in [4.69, 9.17) is 16.7 Å². The number of hydrogen-bond donors (Lipinski definition) is 2. The molecule has 3 nitrogen and oxygen atoms in total. The van der Waals surface area contributed by atoms with Gasteiger partial charge in [0, 0.05) is 11.1 Å². The van der Waals surface area contributed by atoms with E-state index in [9.17, 15) is 4.79 Å². The molecule has 2 rings (SSSR count). The number of nitrogens with one attached hydrogen (secondary N) is 1. The van der Waals surface area contributed by atoms with Crippen molar-refractivity contribution in [2.24, 2.45) is 0 Å². The molecule has 1 atom stereocenters. The molecule has 1 aromatic rings. The second kappa shape index (κ2) is 4.21. The summed E-state index contributed by atoms with van der Waals surface area (Å²) in [5, 5.41) is 12.7. The Kier molecular flexibility index (Phi) is 2.93. The van der Waals surface area contributed by atoms with Crippen molar-refractivity contribution < 1.29 is 9.90 Å². The van der Waals surface area contributed by atoms with Gasteiger partial charge >= 0.3 is 5.97 Å². The fraction of sp³-hybridized carbons (Fsp3) is 0.364. The molecule has 2 N–H and O–H groups in total. The quantitative estimate of drug-likeness (QED) is 0.826. The number of aliphatic carboxylic acids is 1. The van der Waals surface area contributed by atoms with Gasteiger partial charge in [0.25, 0.3) is 0 Å². The highest BCUT2D eigenvalue weighted by Crippen LogP contribution is 2.25. The highest BCUT2D eigenvalue weighted by molar-refractivity contribution is 6.30. The van der Waals surface area contributed by atoms with Gasteiger partial charge in [-0.3, -0.25) is 10.1 Å². The molecule has 1 fully saturated rings. The van der Waals surface area contributed by atoms with Crippen LogP contribution in [0.3, 0.4) is 0 Å². The van der Waals surface area contributed by atoms with E-state index in [2.05, 4.69) is 5.32 Å². The molecule has 0 saturated heterocycles. The van der Waals surface area contributed by atoms with Crippen LogP contribution in [0.5, 0.6) is 0 Å². The Labute approximate surface area is 93.1 Å². The van der Waals surface area contributed by atoms with E-state index in [1.807, 2.05) is 0 Å². The number of benzene rings is 1. The van der Waals surface area contributed by atoms with Crippen molar-refractivity contribution in [3.8, 4) is 0 Å². The van der Waals surface area contributed by atoms with Gasteiger partial charge < -0.3 is 5.11 Å². The number of carbonyl (C=O) groups is 1. The summed E-state index contributed by atoms with van der Waals surface area (Å²) < 4.78 is 0. The molecule has 1 aromatic carbocycles. The Balaban J connectivity index is 2.18. The molecule has 1 aliphatic carbocycles. The van der Waals surface area contributed by atoms with Gasteiger partial charge in [-0.2, -0.15) is 0 Å². The van der Waals surface area contributed by atoms with E-state index in [1.54, 1.807) is 24.3 Å². The maximum absolute atomic E-state index is 11.1. The highest BCUT2D eigenvalue weighted by Gasteiger charge is 2.29. The Morgan fingerprint density at radius 1 is 1.53 bits per heavy atom. The second-order valence-corrected chi connectivity index (χ2v) is 4.20. The summed E-state index contributed by atoms with van der Waals surface area (Å²) in [6.45, 7) is 0. The summed E-state index contributed by atoms with van der Waals surface area (Å²) in [5.74, 6) is -0.857. The second-order valence-electron chi connectivity index (χ2n) is 3.77. The first-order valence-corrected chi connectivity index (χ1v) is 5.29. The minimum Gasteiger partial charge on any atom is -0.480 e. The molecule has 0 bridgehead atoms. The van der Waals surface area contributed by atoms with E-state index < -0.39 is 12.0 Å². The molecular weight excluding hydrogens is 214 g/mol. The average Bonchev–Trinajstić information content (AvgIpc) is 2.97. The minimum atomic E-state index is -0.857. The van der Waals surface area contributed by atoms with Crippen LogP contribution in [0.4, 0.5) is 0 Å². The molecule has 15 heavy (non-hydrogen) atoms. The van der Waals surface area contributed by atoms with Gasteiger partial charge in [0.1, 0.15) is 6.04 Å². The summed E-state index contributed by atoms with van der Waals surface area (Å²) in [5.41, 5.74) is 0.710. The standard InChI is InChI=1S/C11H12ClNO2/c12-8-3-1-2-7(6-8)10(11(14)15)13-9-4-5-9/h1-3,6,9-10,13H,4-5H2,(H,14,15).